The summed E-state index contributed by atoms with van der Waals surface area (Å²) >= 11 is 12.1. The summed E-state index contributed by atoms with van der Waals surface area (Å²) < 4.78 is 37.6. The summed E-state index contributed by atoms with van der Waals surface area (Å²) in [5.41, 5.74) is 0.586. The normalized spacial score (nSPS) is 14.1. The molecule has 0 aliphatic carbocycles. The zero-order valence-electron chi connectivity index (χ0n) is 14.4. The molecular formula is C18H15Cl2F3N2O3. The van der Waals surface area contributed by atoms with E-state index < -0.39 is 23.4 Å². The summed E-state index contributed by atoms with van der Waals surface area (Å²) in [6.07, 6.45) is -2.72. The van der Waals surface area contributed by atoms with Gasteiger partial charge in [-0.2, -0.15) is 13.2 Å². The second kappa shape index (κ2) is 7.67. The second-order valence-corrected chi connectivity index (χ2v) is 7.15. The van der Waals surface area contributed by atoms with Gasteiger partial charge in [-0.25, -0.2) is 0 Å². The molecule has 0 bridgehead atoms. The second-order valence-electron chi connectivity index (χ2n) is 6.40. The molecule has 0 fully saturated rings. The van der Waals surface area contributed by atoms with E-state index in [1.54, 1.807) is 0 Å². The van der Waals surface area contributed by atoms with E-state index in [4.69, 9.17) is 23.2 Å². The number of carbonyl (C=O) groups excluding carboxylic acids is 1. The molecule has 1 amide bonds. The van der Waals surface area contributed by atoms with Crippen LogP contribution in [0.4, 0.5) is 13.2 Å². The van der Waals surface area contributed by atoms with Crippen LogP contribution in [0.15, 0.2) is 18.3 Å². The van der Waals surface area contributed by atoms with Gasteiger partial charge in [0.1, 0.15) is 5.69 Å². The number of aryl methyl sites for hydroxylation is 1. The maximum absolute atomic E-state index is 12.5. The topological polar surface area (TPSA) is 73.7 Å². The van der Waals surface area contributed by atoms with Crippen LogP contribution in [0.2, 0.25) is 10.0 Å². The molecule has 1 aliphatic rings. The zero-order chi connectivity index (χ0) is 20.6. The number of carbonyl (C=O) groups is 1. The van der Waals surface area contributed by atoms with E-state index in [0.717, 1.165) is 12.3 Å². The monoisotopic (exact) mass is 434 g/mol. The molecule has 0 unspecified atom stereocenters. The highest BCUT2D eigenvalue weighted by molar-refractivity contribution is 6.36. The fraction of sp³-hybridized carbons (Fsp3) is 0.333. The van der Waals surface area contributed by atoms with Crippen molar-refractivity contribution in [2.45, 2.75) is 32.0 Å². The van der Waals surface area contributed by atoms with Crippen molar-refractivity contribution in [2.75, 3.05) is 6.54 Å². The van der Waals surface area contributed by atoms with E-state index in [0.29, 0.717) is 29.7 Å². The molecule has 10 heteroatoms. The third kappa shape index (κ3) is 3.98. The van der Waals surface area contributed by atoms with Crippen molar-refractivity contribution in [2.24, 2.45) is 0 Å². The highest BCUT2D eigenvalue weighted by Crippen LogP contribution is 2.46. The fourth-order valence-electron chi connectivity index (χ4n) is 3.06. The minimum atomic E-state index is -4.50. The molecule has 1 aromatic carbocycles. The van der Waals surface area contributed by atoms with Crippen molar-refractivity contribution in [3.63, 3.8) is 0 Å². The molecule has 28 heavy (non-hydrogen) atoms. The van der Waals surface area contributed by atoms with Crippen molar-refractivity contribution >= 4 is 29.1 Å². The van der Waals surface area contributed by atoms with Gasteiger partial charge in [0, 0.05) is 25.7 Å². The number of phenols is 2. The van der Waals surface area contributed by atoms with E-state index in [-0.39, 0.29) is 35.3 Å². The molecule has 0 saturated heterocycles. The highest BCUT2D eigenvalue weighted by Gasteiger charge is 2.32. The van der Waals surface area contributed by atoms with Crippen LogP contribution in [0.1, 0.15) is 28.8 Å². The Bertz CT molecular complexity index is 918. The number of phenolic OH excluding ortho intramolecular Hbond substituents is 2. The summed E-state index contributed by atoms with van der Waals surface area (Å²) in [7, 11) is 0. The molecule has 5 nitrogen and oxygen atoms in total. The van der Waals surface area contributed by atoms with Crippen LogP contribution in [0.25, 0.3) is 0 Å². The predicted octanol–water partition coefficient (Wildman–Crippen LogP) is 4.34. The molecule has 0 saturated carbocycles. The molecule has 0 spiro atoms. The van der Waals surface area contributed by atoms with Gasteiger partial charge in [0.2, 0.25) is 5.91 Å². The maximum Gasteiger partial charge on any atom is 0.433 e. The molecule has 0 radical (unpaired) electrons. The van der Waals surface area contributed by atoms with Crippen molar-refractivity contribution in [1.29, 1.82) is 0 Å². The minimum Gasteiger partial charge on any atom is -0.503 e. The Morgan fingerprint density at radius 1 is 1.14 bits per heavy atom. The van der Waals surface area contributed by atoms with Crippen LogP contribution in [-0.4, -0.2) is 32.5 Å². The van der Waals surface area contributed by atoms with Gasteiger partial charge < -0.3 is 15.1 Å². The first-order valence-electron chi connectivity index (χ1n) is 8.30. The Labute approximate surface area is 168 Å². The van der Waals surface area contributed by atoms with E-state index in [1.165, 1.54) is 11.0 Å². The smallest absolute Gasteiger partial charge is 0.433 e. The standard InChI is InChI=1S/C18H15Cl2F3N2O3/c19-14-10-5-6-25(8-11(10)15(20)17(28)16(14)27)13(26)4-2-9-1-3-12(24-7-9)18(21,22)23/h1,3,7,27-28H,2,4-6,8H2. The number of aromatic hydroxyl groups is 2. The lowest BCUT2D eigenvalue weighted by molar-refractivity contribution is -0.141. The summed E-state index contributed by atoms with van der Waals surface area (Å²) in [5.74, 6) is -1.24. The average Bonchev–Trinajstić information content (AvgIpc) is 2.68. The van der Waals surface area contributed by atoms with Crippen molar-refractivity contribution < 1.29 is 28.2 Å². The molecule has 3 rings (SSSR count). The fourth-order valence-corrected chi connectivity index (χ4v) is 3.62. The summed E-state index contributed by atoms with van der Waals surface area (Å²) in [4.78, 5) is 17.4. The van der Waals surface area contributed by atoms with Gasteiger partial charge in [0.15, 0.2) is 11.5 Å². The Balaban J connectivity index is 1.67. The van der Waals surface area contributed by atoms with Gasteiger partial charge in [-0.3, -0.25) is 9.78 Å². The first-order chi connectivity index (χ1) is 13.1. The molecular weight excluding hydrogens is 420 g/mol. The highest BCUT2D eigenvalue weighted by atomic mass is 35.5. The van der Waals surface area contributed by atoms with Crippen LogP contribution in [0.5, 0.6) is 11.5 Å². The number of hydrogen-bond acceptors (Lipinski definition) is 4. The molecule has 1 aromatic heterocycles. The zero-order valence-corrected chi connectivity index (χ0v) is 15.9. The number of hydrogen-bond donors (Lipinski definition) is 2. The average molecular weight is 435 g/mol. The first kappa shape index (κ1) is 20.5. The lowest BCUT2D eigenvalue weighted by Gasteiger charge is -2.30. The molecule has 2 N–H and O–H groups in total. The van der Waals surface area contributed by atoms with Crippen LogP contribution in [0.3, 0.4) is 0 Å². The SMILES string of the molecule is O=C(CCc1ccc(C(F)(F)F)nc1)N1CCc2c(Cl)c(O)c(O)c(Cl)c2C1. The lowest BCUT2D eigenvalue weighted by atomic mass is 9.98. The summed E-state index contributed by atoms with van der Waals surface area (Å²) in [6, 6.07) is 2.18. The number of alkyl halides is 3. The van der Waals surface area contributed by atoms with E-state index in [1.807, 2.05) is 0 Å². The number of pyridine rings is 1. The Morgan fingerprint density at radius 2 is 1.79 bits per heavy atom. The Morgan fingerprint density at radius 3 is 2.36 bits per heavy atom. The number of nitrogens with zero attached hydrogens (tertiary/aromatic N) is 2. The Hall–Kier alpha value is -2.19. The number of fused-ring (bicyclic) bond motifs is 1. The largest absolute Gasteiger partial charge is 0.503 e. The third-order valence-corrected chi connectivity index (χ3v) is 5.42. The molecule has 2 aromatic rings. The van der Waals surface area contributed by atoms with Gasteiger partial charge >= 0.3 is 6.18 Å². The predicted molar refractivity (Wildman–Crippen MR) is 96.5 cm³/mol. The van der Waals surface area contributed by atoms with Crippen molar-refractivity contribution in [1.82, 2.24) is 9.88 Å². The number of halogens is 5. The van der Waals surface area contributed by atoms with Gasteiger partial charge in [0.25, 0.3) is 0 Å². The van der Waals surface area contributed by atoms with Gasteiger partial charge in [-0.15, -0.1) is 0 Å². The molecule has 2 heterocycles. The van der Waals surface area contributed by atoms with Crippen LogP contribution in [0, 0.1) is 0 Å². The summed E-state index contributed by atoms with van der Waals surface area (Å²) in [6.45, 7) is 0.461. The molecule has 0 atom stereocenters. The third-order valence-electron chi connectivity index (χ3n) is 4.61. The number of rotatable bonds is 3. The van der Waals surface area contributed by atoms with Gasteiger partial charge in [0.05, 0.1) is 10.0 Å². The van der Waals surface area contributed by atoms with Gasteiger partial charge in [-0.1, -0.05) is 29.3 Å². The summed E-state index contributed by atoms with van der Waals surface area (Å²) in [5, 5.41) is 19.6. The Kier molecular flexibility index (Phi) is 5.63. The lowest BCUT2D eigenvalue weighted by Crippen LogP contribution is -2.36. The minimum absolute atomic E-state index is 0.0137. The number of benzene rings is 1. The van der Waals surface area contributed by atoms with E-state index in [9.17, 15) is 28.2 Å². The van der Waals surface area contributed by atoms with Crippen LogP contribution in [-0.2, 0) is 30.4 Å². The first-order valence-corrected chi connectivity index (χ1v) is 9.05. The van der Waals surface area contributed by atoms with Crippen molar-refractivity contribution in [3.05, 3.63) is 50.8 Å². The molecule has 1 aliphatic heterocycles. The molecule has 150 valence electrons. The van der Waals surface area contributed by atoms with E-state index in [2.05, 4.69) is 4.98 Å². The number of amides is 1. The van der Waals surface area contributed by atoms with Crippen LogP contribution >= 0.6 is 23.2 Å². The van der Waals surface area contributed by atoms with Gasteiger partial charge in [-0.05, 0) is 35.6 Å². The maximum atomic E-state index is 12.5. The number of aromatic nitrogens is 1. The quantitative estimate of drug-likeness (QED) is 0.704. The van der Waals surface area contributed by atoms with Crippen molar-refractivity contribution in [3.8, 4) is 11.5 Å². The van der Waals surface area contributed by atoms with E-state index >= 15 is 0 Å². The van der Waals surface area contributed by atoms with Crippen LogP contribution < -0.4 is 0 Å².